The van der Waals surface area contributed by atoms with Gasteiger partial charge in [-0.15, -0.1) is 0 Å². The molecule has 1 aromatic rings. The Morgan fingerprint density at radius 1 is 1.40 bits per heavy atom. The molecule has 1 saturated heterocycles. The van der Waals surface area contributed by atoms with E-state index in [4.69, 9.17) is 9.84 Å². The van der Waals surface area contributed by atoms with E-state index in [1.54, 1.807) is 0 Å². The van der Waals surface area contributed by atoms with Crippen LogP contribution in [0.5, 0.6) is 0 Å². The Morgan fingerprint density at radius 2 is 2.05 bits per heavy atom. The summed E-state index contributed by atoms with van der Waals surface area (Å²) in [5, 5.41) is 19.1. The topological polar surface area (TPSA) is 87.1 Å². The third-order valence-corrected chi connectivity index (χ3v) is 3.43. The van der Waals surface area contributed by atoms with Crippen LogP contribution in [0.25, 0.3) is 0 Å². The molecule has 6 nitrogen and oxygen atoms in total. The summed E-state index contributed by atoms with van der Waals surface area (Å²) >= 11 is 0. The fourth-order valence-corrected chi connectivity index (χ4v) is 2.35. The molecular weight excluding hydrogens is 262 g/mol. The van der Waals surface area contributed by atoms with E-state index in [1.165, 1.54) is 6.92 Å². The van der Waals surface area contributed by atoms with Gasteiger partial charge in [-0.3, -0.25) is 4.90 Å². The molecule has 2 atom stereocenters. The number of benzene rings is 1. The van der Waals surface area contributed by atoms with Crippen molar-refractivity contribution >= 4 is 12.1 Å². The van der Waals surface area contributed by atoms with Gasteiger partial charge in [-0.1, -0.05) is 30.3 Å². The van der Waals surface area contributed by atoms with E-state index in [0.29, 0.717) is 0 Å². The van der Waals surface area contributed by atoms with Crippen molar-refractivity contribution in [3.05, 3.63) is 35.9 Å². The summed E-state index contributed by atoms with van der Waals surface area (Å²) < 4.78 is 5.10. The van der Waals surface area contributed by atoms with Gasteiger partial charge < -0.3 is 14.9 Å². The molecule has 1 aromatic carbocycles. The predicted octanol–water partition coefficient (Wildman–Crippen LogP) is 1.23. The fraction of sp³-hybridized carbons (Fsp3) is 0.429. The SMILES string of the molecule is C[C@@]1(O)CCN(C(=O)OCc2ccccc2)[C@@H]1C(=O)O. The molecule has 0 bridgehead atoms. The van der Waals surface area contributed by atoms with Crippen molar-refractivity contribution < 1.29 is 24.5 Å². The molecule has 1 aliphatic rings. The highest BCUT2D eigenvalue weighted by Crippen LogP contribution is 2.29. The van der Waals surface area contributed by atoms with Crippen LogP contribution < -0.4 is 0 Å². The molecule has 20 heavy (non-hydrogen) atoms. The summed E-state index contributed by atoms with van der Waals surface area (Å²) in [7, 11) is 0. The second-order valence-electron chi connectivity index (χ2n) is 5.08. The minimum atomic E-state index is -1.43. The number of carbonyl (C=O) groups is 2. The van der Waals surface area contributed by atoms with Crippen molar-refractivity contribution in [3.63, 3.8) is 0 Å². The number of rotatable bonds is 3. The Morgan fingerprint density at radius 3 is 2.65 bits per heavy atom. The summed E-state index contributed by atoms with van der Waals surface area (Å²) in [5.41, 5.74) is -0.615. The first-order valence-corrected chi connectivity index (χ1v) is 6.34. The molecule has 0 radical (unpaired) electrons. The lowest BCUT2D eigenvalue weighted by molar-refractivity contribution is -0.148. The van der Waals surface area contributed by atoms with Crippen LogP contribution in [0, 0.1) is 0 Å². The Bertz CT molecular complexity index is 500. The van der Waals surface area contributed by atoms with Crippen LogP contribution in [0.4, 0.5) is 4.79 Å². The molecule has 1 heterocycles. The van der Waals surface area contributed by atoms with Gasteiger partial charge in [-0.05, 0) is 18.9 Å². The number of aliphatic hydroxyl groups is 1. The summed E-state index contributed by atoms with van der Waals surface area (Å²) in [5.74, 6) is -1.23. The van der Waals surface area contributed by atoms with Gasteiger partial charge in [-0.25, -0.2) is 9.59 Å². The first kappa shape index (κ1) is 14.3. The summed E-state index contributed by atoms with van der Waals surface area (Å²) in [4.78, 5) is 24.2. The molecule has 0 unspecified atom stereocenters. The van der Waals surface area contributed by atoms with Gasteiger partial charge in [0.2, 0.25) is 0 Å². The van der Waals surface area contributed by atoms with Crippen LogP contribution in [0.2, 0.25) is 0 Å². The highest BCUT2D eigenvalue weighted by atomic mass is 16.6. The number of carboxylic acids is 1. The maximum atomic E-state index is 12.0. The normalized spacial score (nSPS) is 25.5. The monoisotopic (exact) mass is 279 g/mol. The fourth-order valence-electron chi connectivity index (χ4n) is 2.35. The maximum Gasteiger partial charge on any atom is 0.410 e. The van der Waals surface area contributed by atoms with E-state index in [2.05, 4.69) is 0 Å². The molecule has 0 aliphatic carbocycles. The van der Waals surface area contributed by atoms with E-state index in [1.807, 2.05) is 30.3 Å². The molecule has 0 saturated carbocycles. The Labute approximate surface area is 116 Å². The zero-order valence-electron chi connectivity index (χ0n) is 11.2. The second-order valence-corrected chi connectivity index (χ2v) is 5.08. The van der Waals surface area contributed by atoms with Crippen molar-refractivity contribution in [1.29, 1.82) is 0 Å². The van der Waals surface area contributed by atoms with Crippen molar-refractivity contribution in [1.82, 2.24) is 4.90 Å². The zero-order valence-corrected chi connectivity index (χ0v) is 11.2. The number of nitrogens with zero attached hydrogens (tertiary/aromatic N) is 1. The van der Waals surface area contributed by atoms with Crippen LogP contribution in [-0.2, 0) is 16.1 Å². The molecule has 2 rings (SSSR count). The molecular formula is C14H17NO5. The lowest BCUT2D eigenvalue weighted by Crippen LogP contribution is -2.50. The smallest absolute Gasteiger partial charge is 0.410 e. The minimum Gasteiger partial charge on any atom is -0.480 e. The lowest BCUT2D eigenvalue weighted by atomic mass is 9.97. The minimum absolute atomic E-state index is 0.0741. The Hall–Kier alpha value is -2.08. The number of hydrogen-bond acceptors (Lipinski definition) is 4. The Kier molecular flexibility index (Phi) is 3.94. The van der Waals surface area contributed by atoms with E-state index in [-0.39, 0.29) is 19.6 Å². The van der Waals surface area contributed by atoms with Crippen LogP contribution >= 0.6 is 0 Å². The van der Waals surface area contributed by atoms with Gasteiger partial charge >= 0.3 is 12.1 Å². The first-order valence-electron chi connectivity index (χ1n) is 6.34. The van der Waals surface area contributed by atoms with Gasteiger partial charge in [-0.2, -0.15) is 0 Å². The van der Waals surface area contributed by atoms with E-state index >= 15 is 0 Å². The third kappa shape index (κ3) is 2.91. The molecule has 2 N–H and O–H groups in total. The van der Waals surface area contributed by atoms with E-state index in [0.717, 1.165) is 10.5 Å². The molecule has 0 aromatic heterocycles. The van der Waals surface area contributed by atoms with Crippen molar-refractivity contribution in [2.75, 3.05) is 6.54 Å². The van der Waals surface area contributed by atoms with E-state index in [9.17, 15) is 14.7 Å². The molecule has 1 amide bonds. The molecule has 6 heteroatoms. The second kappa shape index (κ2) is 5.50. The molecule has 108 valence electrons. The van der Waals surface area contributed by atoms with Gasteiger partial charge in [0.15, 0.2) is 6.04 Å². The number of amides is 1. The van der Waals surface area contributed by atoms with Crippen LogP contribution in [0.1, 0.15) is 18.9 Å². The van der Waals surface area contributed by atoms with Gasteiger partial charge in [0, 0.05) is 6.54 Å². The highest BCUT2D eigenvalue weighted by Gasteiger charge is 2.49. The van der Waals surface area contributed by atoms with Gasteiger partial charge in [0.25, 0.3) is 0 Å². The van der Waals surface area contributed by atoms with Crippen molar-refractivity contribution in [3.8, 4) is 0 Å². The lowest BCUT2D eigenvalue weighted by Gasteiger charge is -2.27. The van der Waals surface area contributed by atoms with E-state index < -0.39 is 23.7 Å². The summed E-state index contributed by atoms with van der Waals surface area (Å²) in [6.07, 6.45) is -0.510. The first-order chi connectivity index (χ1) is 9.42. The summed E-state index contributed by atoms with van der Waals surface area (Å²) in [6.45, 7) is 1.65. The van der Waals surface area contributed by atoms with Gasteiger partial charge in [0.05, 0.1) is 5.60 Å². The number of carbonyl (C=O) groups excluding carboxylic acids is 1. The number of aliphatic carboxylic acids is 1. The number of carboxylic acid groups (broad SMARTS) is 1. The van der Waals surface area contributed by atoms with Crippen LogP contribution in [0.3, 0.4) is 0 Å². The summed E-state index contributed by atoms with van der Waals surface area (Å²) in [6, 6.07) is 7.84. The zero-order chi connectivity index (χ0) is 14.8. The number of ether oxygens (including phenoxy) is 1. The average Bonchev–Trinajstić information content (AvgIpc) is 2.73. The number of likely N-dealkylation sites (tertiary alicyclic amines) is 1. The highest BCUT2D eigenvalue weighted by molar-refractivity contribution is 5.82. The molecule has 0 spiro atoms. The quantitative estimate of drug-likeness (QED) is 0.869. The standard InChI is InChI=1S/C14H17NO5/c1-14(19)7-8-15(11(14)12(16)17)13(18)20-9-10-5-3-2-4-6-10/h2-6,11,19H,7-9H2,1H3,(H,16,17)/t11-,14-/m1/s1. The van der Waals surface area contributed by atoms with Crippen molar-refractivity contribution in [2.24, 2.45) is 0 Å². The van der Waals surface area contributed by atoms with Crippen LogP contribution in [-0.4, -0.2) is 45.4 Å². The predicted molar refractivity (Wildman–Crippen MR) is 70.0 cm³/mol. The van der Waals surface area contributed by atoms with Crippen molar-refractivity contribution in [2.45, 2.75) is 31.6 Å². The van der Waals surface area contributed by atoms with Crippen LogP contribution in [0.15, 0.2) is 30.3 Å². The molecule has 1 aliphatic heterocycles. The molecule has 1 fully saturated rings. The van der Waals surface area contributed by atoms with Gasteiger partial charge in [0.1, 0.15) is 6.61 Å². The number of hydrogen-bond donors (Lipinski definition) is 2. The third-order valence-electron chi connectivity index (χ3n) is 3.43. The largest absolute Gasteiger partial charge is 0.480 e. The average molecular weight is 279 g/mol. The maximum absolute atomic E-state index is 12.0. The Balaban J connectivity index is 2.00.